The number of hydrogen-bond donors (Lipinski definition) is 0. The first-order valence-corrected chi connectivity index (χ1v) is 17.1. The van der Waals surface area contributed by atoms with Crippen molar-refractivity contribution in [3.05, 3.63) is 0 Å². The minimum absolute atomic E-state index is 1.01. The van der Waals surface area contributed by atoms with E-state index in [4.69, 9.17) is 0 Å². The van der Waals surface area contributed by atoms with Crippen molar-refractivity contribution in [2.75, 3.05) is 0 Å². The van der Waals surface area contributed by atoms with Crippen molar-refractivity contribution in [1.29, 1.82) is 0 Å². The van der Waals surface area contributed by atoms with Gasteiger partial charge in [0.1, 0.15) is 0 Å². The summed E-state index contributed by atoms with van der Waals surface area (Å²) in [6.45, 7) is 12.3. The van der Waals surface area contributed by atoms with Crippen molar-refractivity contribution in [3.8, 4) is 0 Å². The molecule has 5 rings (SSSR count). The summed E-state index contributed by atoms with van der Waals surface area (Å²) >= 11 is 0. The molecule has 204 valence electrons. The standard InChI is InChI=1S/C26H46.C9H18/c1-4-6-12-22-18(3)17-21-11-9-14-24(21)26(22)25-19(5-2)15-16-20-10-7-8-13-23(20)25;1-3-9-6-4-5-8(2)7-9/h18-26H,4-17H2,1-3H3;8-9H,3-7H2,1-2H3. The van der Waals surface area contributed by atoms with Crippen LogP contribution in [0, 0.1) is 65.1 Å². The normalized spacial score (nSPS) is 45.7. The maximum atomic E-state index is 2.66. The Morgan fingerprint density at radius 2 is 1.31 bits per heavy atom. The molecule has 0 saturated heterocycles. The summed E-state index contributed by atoms with van der Waals surface area (Å²) in [6.07, 6.45) is 29.0. The van der Waals surface area contributed by atoms with Gasteiger partial charge in [-0.1, -0.05) is 112 Å². The second kappa shape index (κ2) is 13.7. The zero-order chi connectivity index (χ0) is 24.8. The molecule has 0 radical (unpaired) electrons. The van der Waals surface area contributed by atoms with Crippen molar-refractivity contribution >= 4 is 0 Å². The Kier molecular flexibility index (Phi) is 11.0. The molecule has 0 spiro atoms. The Balaban J connectivity index is 0.000000271. The van der Waals surface area contributed by atoms with Crippen molar-refractivity contribution in [3.63, 3.8) is 0 Å². The molecular weight excluding hydrogens is 420 g/mol. The van der Waals surface area contributed by atoms with Crippen LogP contribution in [0.5, 0.6) is 0 Å². The highest BCUT2D eigenvalue weighted by molar-refractivity contribution is 5.01. The van der Waals surface area contributed by atoms with Crippen molar-refractivity contribution in [2.24, 2.45) is 65.1 Å². The highest BCUT2D eigenvalue weighted by Crippen LogP contribution is 2.60. The molecule has 0 bridgehead atoms. The Hall–Kier alpha value is 0. The molecule has 0 aromatic rings. The molecule has 35 heavy (non-hydrogen) atoms. The smallest absolute Gasteiger partial charge is 0.0318 e. The highest BCUT2D eigenvalue weighted by atomic mass is 14.6. The van der Waals surface area contributed by atoms with Crippen LogP contribution in [0.3, 0.4) is 0 Å². The van der Waals surface area contributed by atoms with Crippen molar-refractivity contribution in [2.45, 2.75) is 157 Å². The van der Waals surface area contributed by atoms with Crippen LogP contribution >= 0.6 is 0 Å². The molecule has 0 aromatic carbocycles. The van der Waals surface area contributed by atoms with Crippen molar-refractivity contribution < 1.29 is 0 Å². The molecule has 0 heterocycles. The summed E-state index contributed by atoms with van der Waals surface area (Å²) in [7, 11) is 0. The largest absolute Gasteiger partial charge is 0.0654 e. The van der Waals surface area contributed by atoms with Gasteiger partial charge in [-0.2, -0.15) is 0 Å². The maximum absolute atomic E-state index is 2.66. The molecule has 0 heteroatoms. The van der Waals surface area contributed by atoms with Crippen LogP contribution in [-0.4, -0.2) is 0 Å². The van der Waals surface area contributed by atoms with Gasteiger partial charge in [-0.3, -0.25) is 0 Å². The molecule has 0 N–H and O–H groups in total. The topological polar surface area (TPSA) is 0 Å². The minimum Gasteiger partial charge on any atom is -0.0654 e. The van der Waals surface area contributed by atoms with E-state index < -0.39 is 0 Å². The van der Waals surface area contributed by atoms with E-state index in [1.807, 2.05) is 0 Å². The first kappa shape index (κ1) is 28.0. The molecule has 0 aliphatic heterocycles. The van der Waals surface area contributed by atoms with Crippen LogP contribution in [0.15, 0.2) is 0 Å². The molecule has 5 aliphatic carbocycles. The van der Waals surface area contributed by atoms with E-state index in [0.717, 1.165) is 65.1 Å². The van der Waals surface area contributed by atoms with Crippen LogP contribution < -0.4 is 0 Å². The third-order valence-corrected chi connectivity index (χ3v) is 12.5. The third-order valence-electron chi connectivity index (χ3n) is 12.5. The Morgan fingerprint density at radius 3 is 2.03 bits per heavy atom. The minimum atomic E-state index is 1.01. The van der Waals surface area contributed by atoms with E-state index in [0.29, 0.717) is 0 Å². The molecule has 5 fully saturated rings. The van der Waals surface area contributed by atoms with E-state index in [9.17, 15) is 0 Å². The van der Waals surface area contributed by atoms with E-state index in [2.05, 4.69) is 34.6 Å². The lowest BCUT2D eigenvalue weighted by Crippen LogP contribution is -2.49. The summed E-state index contributed by atoms with van der Waals surface area (Å²) in [5.41, 5.74) is 0. The van der Waals surface area contributed by atoms with Crippen molar-refractivity contribution in [1.82, 2.24) is 0 Å². The summed E-state index contributed by atoms with van der Waals surface area (Å²) in [5.74, 6) is 11.9. The fourth-order valence-corrected chi connectivity index (χ4v) is 10.8. The van der Waals surface area contributed by atoms with Gasteiger partial charge in [0, 0.05) is 0 Å². The van der Waals surface area contributed by atoms with E-state index >= 15 is 0 Å². The Morgan fingerprint density at radius 1 is 0.600 bits per heavy atom. The first-order chi connectivity index (χ1) is 17.1. The molecule has 0 aromatic heterocycles. The average Bonchev–Trinajstić information content (AvgIpc) is 3.35. The third kappa shape index (κ3) is 6.72. The summed E-state index contributed by atoms with van der Waals surface area (Å²) < 4.78 is 0. The second-order valence-electron chi connectivity index (χ2n) is 14.5. The number of unbranched alkanes of at least 4 members (excludes halogenated alkanes) is 1. The molecule has 11 unspecified atom stereocenters. The van der Waals surface area contributed by atoms with Gasteiger partial charge < -0.3 is 0 Å². The molecular formula is C35H64. The summed E-state index contributed by atoms with van der Waals surface area (Å²) in [5, 5.41) is 0. The number of hydrogen-bond acceptors (Lipinski definition) is 0. The van der Waals surface area contributed by atoms with Gasteiger partial charge >= 0.3 is 0 Å². The van der Waals surface area contributed by atoms with Gasteiger partial charge in [-0.05, 0) is 110 Å². The summed E-state index contributed by atoms with van der Waals surface area (Å²) in [4.78, 5) is 0. The van der Waals surface area contributed by atoms with E-state index in [1.54, 1.807) is 64.2 Å². The highest BCUT2D eigenvalue weighted by Gasteiger charge is 2.52. The van der Waals surface area contributed by atoms with Crippen LogP contribution in [0.25, 0.3) is 0 Å². The van der Waals surface area contributed by atoms with E-state index in [1.165, 1.54) is 57.8 Å². The quantitative estimate of drug-likeness (QED) is 0.351. The number of fused-ring (bicyclic) bond motifs is 2. The Bertz CT molecular complexity index is 593. The molecule has 0 amide bonds. The lowest BCUT2D eigenvalue weighted by atomic mass is 9.49. The molecule has 0 nitrogen and oxygen atoms in total. The van der Waals surface area contributed by atoms with Gasteiger partial charge in [-0.15, -0.1) is 0 Å². The van der Waals surface area contributed by atoms with Gasteiger partial charge in [0.2, 0.25) is 0 Å². The molecule has 11 atom stereocenters. The zero-order valence-electron chi connectivity index (χ0n) is 24.8. The Labute approximate surface area is 221 Å². The fraction of sp³-hybridized carbons (Fsp3) is 1.00. The van der Waals surface area contributed by atoms with Gasteiger partial charge in [0.05, 0.1) is 0 Å². The lowest BCUT2D eigenvalue weighted by Gasteiger charge is -2.56. The second-order valence-corrected chi connectivity index (χ2v) is 14.5. The molecule has 5 aliphatic rings. The van der Waals surface area contributed by atoms with Gasteiger partial charge in [0.15, 0.2) is 0 Å². The van der Waals surface area contributed by atoms with Gasteiger partial charge in [-0.25, -0.2) is 0 Å². The zero-order valence-corrected chi connectivity index (χ0v) is 24.8. The predicted octanol–water partition coefficient (Wildman–Crippen LogP) is 11.3. The number of rotatable bonds is 6. The SMILES string of the molecule is CCC1CCCC(C)C1.CCCCC1C(C)CC2CCCC2C1C1C(CC)CCC2CCCCC21. The maximum Gasteiger partial charge on any atom is -0.0318 e. The summed E-state index contributed by atoms with van der Waals surface area (Å²) in [6, 6.07) is 0. The van der Waals surface area contributed by atoms with Crippen LogP contribution in [0.2, 0.25) is 0 Å². The predicted molar refractivity (Wildman–Crippen MR) is 154 cm³/mol. The first-order valence-electron chi connectivity index (χ1n) is 17.1. The van der Waals surface area contributed by atoms with Gasteiger partial charge in [0.25, 0.3) is 0 Å². The van der Waals surface area contributed by atoms with Crippen LogP contribution in [0.1, 0.15) is 157 Å². The average molecular weight is 485 g/mol. The molecule has 5 saturated carbocycles. The van der Waals surface area contributed by atoms with E-state index in [-0.39, 0.29) is 0 Å². The lowest BCUT2D eigenvalue weighted by molar-refractivity contribution is -0.0713. The monoisotopic (exact) mass is 485 g/mol. The van der Waals surface area contributed by atoms with Crippen LogP contribution in [0.4, 0.5) is 0 Å². The van der Waals surface area contributed by atoms with Crippen LogP contribution in [-0.2, 0) is 0 Å². The fourth-order valence-electron chi connectivity index (χ4n) is 10.8.